The highest BCUT2D eigenvalue weighted by Crippen LogP contribution is 2.42. The van der Waals surface area contributed by atoms with E-state index < -0.39 is 5.97 Å². The Morgan fingerprint density at radius 2 is 2.00 bits per heavy atom. The molecule has 5 heteroatoms. The fourth-order valence-corrected chi connectivity index (χ4v) is 2.90. The second-order valence-corrected chi connectivity index (χ2v) is 5.41. The standard InChI is InChI=1S/C15H20N2O3/c1-2-15(7-3-4-8-15)14(20)17-12-6-5-10(16)9-11(12)13(18)19/h5-6,9H,2-4,7-8,16H2,1H3,(H,17,20)(H,18,19). The summed E-state index contributed by atoms with van der Waals surface area (Å²) in [6, 6.07) is 4.51. The minimum atomic E-state index is -1.09. The van der Waals surface area contributed by atoms with Crippen molar-refractivity contribution in [2.24, 2.45) is 5.41 Å². The van der Waals surface area contributed by atoms with Crippen molar-refractivity contribution < 1.29 is 14.7 Å². The predicted octanol–water partition coefficient (Wildman–Crippen LogP) is 2.88. The molecule has 108 valence electrons. The number of hydrogen-bond acceptors (Lipinski definition) is 3. The molecule has 1 aliphatic carbocycles. The van der Waals surface area contributed by atoms with Crippen LogP contribution in [-0.2, 0) is 4.79 Å². The Balaban J connectivity index is 2.25. The summed E-state index contributed by atoms with van der Waals surface area (Å²) in [6.45, 7) is 2.01. The Morgan fingerprint density at radius 1 is 1.35 bits per heavy atom. The number of amides is 1. The quantitative estimate of drug-likeness (QED) is 0.737. The molecule has 1 saturated carbocycles. The van der Waals surface area contributed by atoms with Crippen molar-refractivity contribution in [1.82, 2.24) is 0 Å². The maximum absolute atomic E-state index is 12.5. The molecule has 0 bridgehead atoms. The van der Waals surface area contributed by atoms with Crippen molar-refractivity contribution in [2.45, 2.75) is 39.0 Å². The highest BCUT2D eigenvalue weighted by Gasteiger charge is 2.39. The first-order chi connectivity index (χ1) is 9.48. The van der Waals surface area contributed by atoms with Gasteiger partial charge in [0.25, 0.3) is 0 Å². The summed E-state index contributed by atoms with van der Waals surface area (Å²) in [5, 5.41) is 12.0. The van der Waals surface area contributed by atoms with E-state index in [0.29, 0.717) is 11.4 Å². The van der Waals surface area contributed by atoms with E-state index in [0.717, 1.165) is 32.1 Å². The van der Waals surface area contributed by atoms with Crippen LogP contribution in [0.3, 0.4) is 0 Å². The monoisotopic (exact) mass is 276 g/mol. The largest absolute Gasteiger partial charge is 0.478 e. The molecular weight excluding hydrogens is 256 g/mol. The maximum atomic E-state index is 12.5. The molecular formula is C15H20N2O3. The number of rotatable bonds is 4. The highest BCUT2D eigenvalue weighted by atomic mass is 16.4. The van der Waals surface area contributed by atoms with E-state index in [-0.39, 0.29) is 16.9 Å². The van der Waals surface area contributed by atoms with Gasteiger partial charge in [0.15, 0.2) is 0 Å². The van der Waals surface area contributed by atoms with E-state index in [4.69, 9.17) is 5.73 Å². The molecule has 1 amide bonds. The molecule has 0 aromatic heterocycles. The van der Waals surface area contributed by atoms with Crippen LogP contribution in [0.4, 0.5) is 11.4 Å². The van der Waals surface area contributed by atoms with Gasteiger partial charge in [0.2, 0.25) is 5.91 Å². The molecule has 0 saturated heterocycles. The van der Waals surface area contributed by atoms with Crippen LogP contribution in [0.15, 0.2) is 18.2 Å². The smallest absolute Gasteiger partial charge is 0.337 e. The van der Waals surface area contributed by atoms with Crippen LogP contribution in [-0.4, -0.2) is 17.0 Å². The Hall–Kier alpha value is -2.04. The van der Waals surface area contributed by atoms with E-state index >= 15 is 0 Å². The zero-order valence-corrected chi connectivity index (χ0v) is 11.6. The lowest BCUT2D eigenvalue weighted by molar-refractivity contribution is -0.125. The highest BCUT2D eigenvalue weighted by molar-refractivity contribution is 6.03. The van der Waals surface area contributed by atoms with Gasteiger partial charge in [-0.1, -0.05) is 19.8 Å². The van der Waals surface area contributed by atoms with Crippen molar-refractivity contribution in [3.63, 3.8) is 0 Å². The third-order valence-corrected chi connectivity index (χ3v) is 4.24. The molecule has 0 unspecified atom stereocenters. The number of carbonyl (C=O) groups is 2. The Kier molecular flexibility index (Phi) is 3.97. The SMILES string of the molecule is CCC1(C(=O)Nc2ccc(N)cc2C(=O)O)CCCC1. The molecule has 0 aliphatic heterocycles. The van der Waals surface area contributed by atoms with Crippen molar-refractivity contribution in [3.8, 4) is 0 Å². The number of nitrogens with one attached hydrogen (secondary N) is 1. The number of carboxylic acid groups (broad SMARTS) is 1. The summed E-state index contributed by atoms with van der Waals surface area (Å²) in [5.74, 6) is -1.17. The molecule has 1 fully saturated rings. The average Bonchev–Trinajstić information content (AvgIpc) is 2.90. The number of anilines is 2. The molecule has 0 atom stereocenters. The Bertz CT molecular complexity index is 534. The third-order valence-electron chi connectivity index (χ3n) is 4.24. The van der Waals surface area contributed by atoms with Crippen LogP contribution in [0, 0.1) is 5.41 Å². The zero-order chi connectivity index (χ0) is 14.8. The molecule has 0 radical (unpaired) electrons. The van der Waals surface area contributed by atoms with Crippen LogP contribution in [0.2, 0.25) is 0 Å². The fraction of sp³-hybridized carbons (Fsp3) is 0.467. The van der Waals surface area contributed by atoms with Crippen molar-refractivity contribution in [1.29, 1.82) is 0 Å². The van der Waals surface area contributed by atoms with Gasteiger partial charge >= 0.3 is 5.97 Å². The lowest BCUT2D eigenvalue weighted by atomic mass is 9.82. The van der Waals surface area contributed by atoms with E-state index in [2.05, 4.69) is 5.32 Å². The molecule has 5 nitrogen and oxygen atoms in total. The van der Waals surface area contributed by atoms with Crippen LogP contribution in [0.25, 0.3) is 0 Å². The maximum Gasteiger partial charge on any atom is 0.337 e. The number of nitrogen functional groups attached to an aromatic ring is 1. The Morgan fingerprint density at radius 3 is 2.55 bits per heavy atom. The van der Waals surface area contributed by atoms with Gasteiger partial charge in [-0.25, -0.2) is 4.79 Å². The Labute approximate surface area is 118 Å². The van der Waals surface area contributed by atoms with Gasteiger partial charge in [-0.2, -0.15) is 0 Å². The lowest BCUT2D eigenvalue weighted by Gasteiger charge is -2.26. The summed E-state index contributed by atoms with van der Waals surface area (Å²) >= 11 is 0. The fourth-order valence-electron chi connectivity index (χ4n) is 2.90. The van der Waals surface area contributed by atoms with Crippen LogP contribution < -0.4 is 11.1 Å². The molecule has 1 aromatic rings. The first kappa shape index (κ1) is 14.4. The third kappa shape index (κ3) is 2.61. The number of carbonyl (C=O) groups excluding carboxylic acids is 1. The van der Waals surface area contributed by atoms with E-state index in [1.165, 1.54) is 6.07 Å². The second-order valence-electron chi connectivity index (χ2n) is 5.41. The number of aromatic carboxylic acids is 1. The molecule has 20 heavy (non-hydrogen) atoms. The van der Waals surface area contributed by atoms with E-state index in [9.17, 15) is 14.7 Å². The zero-order valence-electron chi connectivity index (χ0n) is 11.6. The van der Waals surface area contributed by atoms with E-state index in [1.54, 1.807) is 12.1 Å². The molecule has 0 heterocycles. The lowest BCUT2D eigenvalue weighted by Crippen LogP contribution is -2.33. The predicted molar refractivity (Wildman–Crippen MR) is 77.6 cm³/mol. The summed E-state index contributed by atoms with van der Waals surface area (Å²) in [6.07, 6.45) is 4.61. The molecule has 2 rings (SSSR count). The van der Waals surface area contributed by atoms with Crippen LogP contribution in [0.1, 0.15) is 49.4 Å². The van der Waals surface area contributed by atoms with Gasteiger partial charge in [-0.3, -0.25) is 4.79 Å². The number of carboxylic acids is 1. The number of hydrogen-bond donors (Lipinski definition) is 3. The van der Waals surface area contributed by atoms with Gasteiger partial charge in [-0.05, 0) is 37.5 Å². The van der Waals surface area contributed by atoms with Crippen LogP contribution >= 0.6 is 0 Å². The summed E-state index contributed by atoms with van der Waals surface area (Å²) < 4.78 is 0. The molecule has 0 spiro atoms. The van der Waals surface area contributed by atoms with Crippen LogP contribution in [0.5, 0.6) is 0 Å². The van der Waals surface area contributed by atoms with Gasteiger partial charge < -0.3 is 16.2 Å². The first-order valence-corrected chi connectivity index (χ1v) is 6.93. The normalized spacial score (nSPS) is 16.9. The molecule has 1 aromatic carbocycles. The topological polar surface area (TPSA) is 92.4 Å². The van der Waals surface area contributed by atoms with Crippen molar-refractivity contribution in [2.75, 3.05) is 11.1 Å². The second kappa shape index (κ2) is 5.53. The molecule has 1 aliphatic rings. The van der Waals surface area contributed by atoms with Gasteiger partial charge in [0.1, 0.15) is 0 Å². The first-order valence-electron chi connectivity index (χ1n) is 6.93. The minimum Gasteiger partial charge on any atom is -0.478 e. The summed E-state index contributed by atoms with van der Waals surface area (Å²) in [7, 11) is 0. The number of nitrogens with two attached hydrogens (primary N) is 1. The van der Waals surface area contributed by atoms with Gasteiger partial charge in [-0.15, -0.1) is 0 Å². The summed E-state index contributed by atoms with van der Waals surface area (Å²) in [5.41, 5.74) is 5.96. The minimum absolute atomic E-state index is 0.0302. The molecule has 4 N–H and O–H groups in total. The van der Waals surface area contributed by atoms with Crippen molar-refractivity contribution >= 4 is 23.3 Å². The van der Waals surface area contributed by atoms with Crippen molar-refractivity contribution in [3.05, 3.63) is 23.8 Å². The number of benzene rings is 1. The van der Waals surface area contributed by atoms with Gasteiger partial charge in [0, 0.05) is 11.1 Å². The van der Waals surface area contributed by atoms with Gasteiger partial charge in [0.05, 0.1) is 11.3 Å². The average molecular weight is 276 g/mol. The van der Waals surface area contributed by atoms with E-state index in [1.807, 2.05) is 6.92 Å². The summed E-state index contributed by atoms with van der Waals surface area (Å²) in [4.78, 5) is 23.7.